The van der Waals surface area contributed by atoms with Crippen LogP contribution in [-0.4, -0.2) is 19.2 Å². The lowest BCUT2D eigenvalue weighted by atomic mass is 10.1. The normalized spacial score (nSPS) is 10.9. The van der Waals surface area contributed by atoms with E-state index in [0.29, 0.717) is 6.42 Å². The second kappa shape index (κ2) is 9.27. The van der Waals surface area contributed by atoms with Gasteiger partial charge in [0.05, 0.1) is 7.11 Å². The summed E-state index contributed by atoms with van der Waals surface area (Å²) in [6.07, 6.45) is 1.40. The average molecular weight is 339 g/mol. The standard InChI is InChI=1S/C20H21NO4/c1-15-8-10-16(11-9-15)12-13-18(19(22)24-2)21-20(23)25-14-17-6-4-3-5-7-17/h3-11,13H,12,14H2,1-2H3,(H,21,23)/b18-13+. The minimum absolute atomic E-state index is 0.0566. The number of allylic oxidation sites excluding steroid dienone is 1. The van der Waals surface area contributed by atoms with Crippen molar-refractivity contribution in [1.82, 2.24) is 5.32 Å². The molecule has 1 amide bonds. The molecule has 0 aliphatic rings. The third-order valence-corrected chi connectivity index (χ3v) is 3.52. The molecule has 0 aliphatic heterocycles. The van der Waals surface area contributed by atoms with E-state index >= 15 is 0 Å². The SMILES string of the molecule is COC(=O)/C(=C\Cc1ccc(C)cc1)NC(=O)OCc1ccccc1. The van der Waals surface area contributed by atoms with E-state index in [2.05, 4.69) is 5.32 Å². The fraction of sp³-hybridized carbons (Fsp3) is 0.200. The Hall–Kier alpha value is -3.08. The van der Waals surface area contributed by atoms with Gasteiger partial charge in [-0.2, -0.15) is 0 Å². The number of carbonyl (C=O) groups is 2. The summed E-state index contributed by atoms with van der Waals surface area (Å²) in [5, 5.41) is 2.44. The molecular formula is C20H21NO4. The second-order valence-electron chi connectivity index (χ2n) is 5.49. The van der Waals surface area contributed by atoms with Crippen LogP contribution in [0.1, 0.15) is 16.7 Å². The number of hydrogen-bond donors (Lipinski definition) is 1. The summed E-state index contributed by atoms with van der Waals surface area (Å²) < 4.78 is 9.83. The van der Waals surface area contributed by atoms with Crippen molar-refractivity contribution in [3.8, 4) is 0 Å². The van der Waals surface area contributed by atoms with Crippen LogP contribution in [0.3, 0.4) is 0 Å². The Morgan fingerprint density at radius 1 is 1.00 bits per heavy atom. The number of methoxy groups -OCH3 is 1. The third-order valence-electron chi connectivity index (χ3n) is 3.52. The molecule has 0 heterocycles. The zero-order valence-electron chi connectivity index (χ0n) is 14.3. The van der Waals surface area contributed by atoms with E-state index in [-0.39, 0.29) is 12.3 Å². The topological polar surface area (TPSA) is 64.6 Å². The molecule has 1 N–H and O–H groups in total. The van der Waals surface area contributed by atoms with Crippen molar-refractivity contribution in [3.63, 3.8) is 0 Å². The molecule has 0 aromatic heterocycles. The first-order valence-electron chi connectivity index (χ1n) is 7.90. The molecule has 0 atom stereocenters. The van der Waals surface area contributed by atoms with E-state index in [1.54, 1.807) is 6.08 Å². The maximum absolute atomic E-state index is 11.9. The van der Waals surface area contributed by atoms with Crippen molar-refractivity contribution in [2.45, 2.75) is 20.0 Å². The van der Waals surface area contributed by atoms with Crippen molar-refractivity contribution >= 4 is 12.1 Å². The fourth-order valence-corrected chi connectivity index (χ4v) is 2.11. The van der Waals surface area contributed by atoms with Gasteiger partial charge in [0.1, 0.15) is 12.3 Å². The fourth-order valence-electron chi connectivity index (χ4n) is 2.11. The highest BCUT2D eigenvalue weighted by Gasteiger charge is 2.14. The van der Waals surface area contributed by atoms with Gasteiger partial charge in [0.25, 0.3) is 0 Å². The maximum Gasteiger partial charge on any atom is 0.412 e. The quantitative estimate of drug-likeness (QED) is 0.646. The predicted molar refractivity (Wildman–Crippen MR) is 94.7 cm³/mol. The molecule has 2 rings (SSSR count). The first kappa shape index (κ1) is 18.3. The minimum atomic E-state index is -0.704. The second-order valence-corrected chi connectivity index (χ2v) is 5.49. The molecule has 0 spiro atoms. The van der Waals surface area contributed by atoms with E-state index in [0.717, 1.165) is 16.7 Å². The van der Waals surface area contributed by atoms with E-state index < -0.39 is 12.1 Å². The van der Waals surface area contributed by atoms with Gasteiger partial charge >= 0.3 is 12.1 Å². The number of esters is 1. The molecule has 5 heteroatoms. The van der Waals surface area contributed by atoms with Crippen LogP contribution in [0.15, 0.2) is 66.4 Å². The summed E-state index contributed by atoms with van der Waals surface area (Å²) in [6, 6.07) is 17.2. The zero-order chi connectivity index (χ0) is 18.1. The van der Waals surface area contributed by atoms with Gasteiger partial charge in [-0.15, -0.1) is 0 Å². The molecule has 0 saturated carbocycles. The monoisotopic (exact) mass is 339 g/mol. The van der Waals surface area contributed by atoms with Gasteiger partial charge in [-0.3, -0.25) is 5.32 Å². The largest absolute Gasteiger partial charge is 0.464 e. The summed E-state index contributed by atoms with van der Waals surface area (Å²) in [5.74, 6) is -0.622. The Morgan fingerprint density at radius 3 is 2.32 bits per heavy atom. The molecule has 5 nitrogen and oxygen atoms in total. The van der Waals surface area contributed by atoms with Crippen molar-refractivity contribution in [2.75, 3.05) is 7.11 Å². The third kappa shape index (κ3) is 6.14. The van der Waals surface area contributed by atoms with Crippen LogP contribution in [0.25, 0.3) is 0 Å². The van der Waals surface area contributed by atoms with Crippen LogP contribution in [0.2, 0.25) is 0 Å². The number of nitrogens with one attached hydrogen (secondary N) is 1. The Bertz CT molecular complexity index is 736. The van der Waals surface area contributed by atoms with Gasteiger partial charge in [0.2, 0.25) is 0 Å². The highest BCUT2D eigenvalue weighted by molar-refractivity contribution is 5.92. The van der Waals surface area contributed by atoms with Crippen LogP contribution in [0.4, 0.5) is 4.79 Å². The molecule has 0 aliphatic carbocycles. The van der Waals surface area contributed by atoms with Crippen molar-refractivity contribution in [2.24, 2.45) is 0 Å². The molecule has 0 radical (unpaired) electrons. The Kier molecular flexibility index (Phi) is 6.77. The molecular weight excluding hydrogens is 318 g/mol. The molecule has 2 aromatic rings. The van der Waals surface area contributed by atoms with Gasteiger partial charge < -0.3 is 9.47 Å². The van der Waals surface area contributed by atoms with Crippen LogP contribution < -0.4 is 5.32 Å². The van der Waals surface area contributed by atoms with Gasteiger partial charge in [-0.25, -0.2) is 9.59 Å². The number of alkyl carbamates (subject to hydrolysis) is 1. The van der Waals surface area contributed by atoms with E-state index in [9.17, 15) is 9.59 Å². The average Bonchev–Trinajstić information content (AvgIpc) is 2.65. The lowest BCUT2D eigenvalue weighted by molar-refractivity contribution is -0.136. The first-order chi connectivity index (χ1) is 12.1. The minimum Gasteiger partial charge on any atom is -0.464 e. The molecule has 130 valence electrons. The Labute approximate surface area is 147 Å². The van der Waals surface area contributed by atoms with Crippen LogP contribution in [0.5, 0.6) is 0 Å². The Balaban J connectivity index is 1.96. The molecule has 2 aromatic carbocycles. The van der Waals surface area contributed by atoms with Gasteiger partial charge in [0, 0.05) is 0 Å². The number of amides is 1. The number of ether oxygens (including phenoxy) is 2. The van der Waals surface area contributed by atoms with Crippen molar-refractivity contribution < 1.29 is 19.1 Å². The molecule has 0 unspecified atom stereocenters. The zero-order valence-corrected chi connectivity index (χ0v) is 14.3. The predicted octanol–water partition coefficient (Wildman–Crippen LogP) is 3.52. The molecule has 0 fully saturated rings. The van der Waals surface area contributed by atoms with Crippen LogP contribution >= 0.6 is 0 Å². The van der Waals surface area contributed by atoms with Crippen LogP contribution in [-0.2, 0) is 27.3 Å². The van der Waals surface area contributed by atoms with E-state index in [4.69, 9.17) is 9.47 Å². The lowest BCUT2D eigenvalue weighted by Gasteiger charge is -2.09. The summed E-state index contributed by atoms with van der Waals surface area (Å²) in [5.41, 5.74) is 3.09. The summed E-state index contributed by atoms with van der Waals surface area (Å²) >= 11 is 0. The van der Waals surface area contributed by atoms with Gasteiger partial charge in [0.15, 0.2) is 0 Å². The summed E-state index contributed by atoms with van der Waals surface area (Å²) in [6.45, 7) is 2.13. The van der Waals surface area contributed by atoms with Crippen LogP contribution in [0, 0.1) is 6.92 Å². The number of aryl methyl sites for hydroxylation is 1. The number of rotatable bonds is 6. The first-order valence-corrected chi connectivity index (χ1v) is 7.90. The highest BCUT2D eigenvalue weighted by atomic mass is 16.6. The highest BCUT2D eigenvalue weighted by Crippen LogP contribution is 2.07. The maximum atomic E-state index is 11.9. The lowest BCUT2D eigenvalue weighted by Crippen LogP contribution is -2.28. The summed E-state index contributed by atoms with van der Waals surface area (Å²) in [7, 11) is 1.26. The number of carbonyl (C=O) groups excluding carboxylic acids is 2. The number of hydrogen-bond acceptors (Lipinski definition) is 4. The smallest absolute Gasteiger partial charge is 0.412 e. The van der Waals surface area contributed by atoms with Crippen molar-refractivity contribution in [1.29, 1.82) is 0 Å². The summed E-state index contributed by atoms with van der Waals surface area (Å²) in [4.78, 5) is 23.8. The van der Waals surface area contributed by atoms with Gasteiger partial charge in [-0.05, 0) is 30.5 Å². The van der Waals surface area contributed by atoms with Gasteiger partial charge in [-0.1, -0.05) is 60.2 Å². The molecule has 0 saturated heterocycles. The van der Waals surface area contributed by atoms with E-state index in [1.807, 2.05) is 61.5 Å². The van der Waals surface area contributed by atoms with Crippen molar-refractivity contribution in [3.05, 3.63) is 83.1 Å². The number of benzene rings is 2. The molecule has 25 heavy (non-hydrogen) atoms. The van der Waals surface area contributed by atoms with E-state index in [1.165, 1.54) is 7.11 Å². The molecule has 0 bridgehead atoms. The Morgan fingerprint density at radius 2 is 1.68 bits per heavy atom.